The average Bonchev–Trinajstić information content (AvgIpc) is 3.77. The normalized spacial score (nSPS) is 11.4. The van der Waals surface area contributed by atoms with Gasteiger partial charge in [-0.3, -0.25) is 0 Å². The molecule has 0 aliphatic carbocycles. The van der Waals surface area contributed by atoms with Crippen LogP contribution in [-0.4, -0.2) is 14.8 Å². The lowest BCUT2D eigenvalue weighted by molar-refractivity contribution is 0.584. The Balaban J connectivity index is 1.14. The Morgan fingerprint density at radius 2 is 0.936 bits per heavy atom. The fourth-order valence-corrected chi connectivity index (χ4v) is 6.57. The minimum atomic E-state index is 0.489. The van der Waals surface area contributed by atoms with Crippen molar-refractivity contribution in [1.82, 2.24) is 14.8 Å². The van der Waals surface area contributed by atoms with Crippen LogP contribution in [0.4, 0.5) is 17.1 Å². The predicted molar refractivity (Wildman–Crippen MR) is 192 cm³/mol. The molecule has 0 radical (unpaired) electrons. The van der Waals surface area contributed by atoms with Crippen molar-refractivity contribution in [2.45, 2.75) is 0 Å². The first-order valence-electron chi connectivity index (χ1n) is 15.7. The van der Waals surface area contributed by atoms with E-state index < -0.39 is 0 Å². The molecule has 5 nitrogen and oxygen atoms in total. The summed E-state index contributed by atoms with van der Waals surface area (Å²) in [7, 11) is 0. The van der Waals surface area contributed by atoms with Gasteiger partial charge >= 0.3 is 0 Å². The van der Waals surface area contributed by atoms with Crippen LogP contribution in [0.2, 0.25) is 0 Å². The van der Waals surface area contributed by atoms with Gasteiger partial charge in [0.15, 0.2) is 0 Å². The standard InChI is InChI=1S/C42H28N4O/c1-2-12-30(13-3-1)41-43-44-42(47-41)31-21-23-32(24-22-31)45(38-20-10-14-29-11-4-5-15-35(29)38)33-25-27-34(28-26-33)46-39-18-8-6-16-36(39)37-17-7-9-19-40(37)46/h1-28H. The minimum absolute atomic E-state index is 0.489. The number of hydrogen-bond donors (Lipinski definition) is 0. The highest BCUT2D eigenvalue weighted by atomic mass is 16.4. The van der Waals surface area contributed by atoms with Gasteiger partial charge in [0, 0.05) is 44.3 Å². The molecule has 0 unspecified atom stereocenters. The molecule has 222 valence electrons. The van der Waals surface area contributed by atoms with E-state index in [0.29, 0.717) is 11.8 Å². The van der Waals surface area contributed by atoms with Crippen LogP contribution < -0.4 is 4.90 Å². The van der Waals surface area contributed by atoms with Gasteiger partial charge in [0.25, 0.3) is 0 Å². The fourth-order valence-electron chi connectivity index (χ4n) is 6.57. The molecule has 0 fully saturated rings. The first kappa shape index (κ1) is 26.9. The highest BCUT2D eigenvalue weighted by Crippen LogP contribution is 2.40. The molecule has 2 heterocycles. The van der Waals surface area contributed by atoms with Gasteiger partial charge in [-0.2, -0.15) is 0 Å². The molecule has 0 N–H and O–H groups in total. The van der Waals surface area contributed by atoms with Crippen LogP contribution in [0.15, 0.2) is 174 Å². The summed E-state index contributed by atoms with van der Waals surface area (Å²) in [4.78, 5) is 2.31. The van der Waals surface area contributed by atoms with Crippen molar-refractivity contribution in [2.75, 3.05) is 4.90 Å². The van der Waals surface area contributed by atoms with Crippen molar-refractivity contribution >= 4 is 49.6 Å². The van der Waals surface area contributed by atoms with Gasteiger partial charge in [0.2, 0.25) is 11.8 Å². The van der Waals surface area contributed by atoms with Gasteiger partial charge in [-0.25, -0.2) is 0 Å². The Morgan fingerprint density at radius 1 is 0.426 bits per heavy atom. The quantitative estimate of drug-likeness (QED) is 0.189. The van der Waals surface area contributed by atoms with Crippen LogP contribution in [0, 0.1) is 0 Å². The molecule has 0 saturated heterocycles. The molecule has 9 rings (SSSR count). The van der Waals surface area contributed by atoms with Gasteiger partial charge < -0.3 is 13.9 Å². The molecule has 2 aromatic heterocycles. The Morgan fingerprint density at radius 3 is 1.60 bits per heavy atom. The van der Waals surface area contributed by atoms with Gasteiger partial charge in [0.1, 0.15) is 0 Å². The molecule has 0 aliphatic rings. The highest BCUT2D eigenvalue weighted by Gasteiger charge is 2.18. The summed E-state index contributed by atoms with van der Waals surface area (Å²) in [6, 6.07) is 59.2. The van der Waals surface area contributed by atoms with Crippen LogP contribution >= 0.6 is 0 Å². The second-order valence-electron chi connectivity index (χ2n) is 11.5. The number of aromatic nitrogens is 3. The fraction of sp³-hybridized carbons (Fsp3) is 0. The zero-order valence-corrected chi connectivity index (χ0v) is 25.4. The van der Waals surface area contributed by atoms with Crippen molar-refractivity contribution in [3.63, 3.8) is 0 Å². The van der Waals surface area contributed by atoms with E-state index in [9.17, 15) is 0 Å². The Labute approximate surface area is 271 Å². The molecule has 0 atom stereocenters. The van der Waals surface area contributed by atoms with E-state index >= 15 is 0 Å². The molecule has 0 bridgehead atoms. The third kappa shape index (κ3) is 4.64. The van der Waals surface area contributed by atoms with Gasteiger partial charge in [-0.1, -0.05) is 91.0 Å². The van der Waals surface area contributed by atoms with Gasteiger partial charge in [-0.15, -0.1) is 10.2 Å². The van der Waals surface area contributed by atoms with Crippen molar-refractivity contribution in [3.05, 3.63) is 170 Å². The molecule has 0 amide bonds. The SMILES string of the molecule is c1ccc(-c2nnc(-c3ccc(N(c4ccc(-n5c6ccccc6c6ccccc65)cc4)c4cccc5ccccc45)cc3)o2)cc1. The number of para-hydroxylation sites is 2. The maximum atomic E-state index is 6.05. The van der Waals surface area contributed by atoms with Gasteiger partial charge in [-0.05, 0) is 84.2 Å². The summed E-state index contributed by atoms with van der Waals surface area (Å²) in [6.45, 7) is 0. The second-order valence-corrected chi connectivity index (χ2v) is 11.5. The van der Waals surface area contributed by atoms with Crippen molar-refractivity contribution in [1.29, 1.82) is 0 Å². The zero-order valence-electron chi connectivity index (χ0n) is 25.4. The highest BCUT2D eigenvalue weighted by molar-refractivity contribution is 6.09. The van der Waals surface area contributed by atoms with E-state index in [-0.39, 0.29) is 0 Å². The number of anilines is 3. The molecule has 47 heavy (non-hydrogen) atoms. The summed E-state index contributed by atoms with van der Waals surface area (Å²) in [5.74, 6) is 0.994. The zero-order chi connectivity index (χ0) is 31.2. The average molecular weight is 605 g/mol. The van der Waals surface area contributed by atoms with Crippen molar-refractivity contribution < 1.29 is 4.42 Å². The lowest BCUT2D eigenvalue weighted by atomic mass is 10.1. The molecular formula is C42H28N4O. The Bertz CT molecular complexity index is 2450. The maximum Gasteiger partial charge on any atom is 0.248 e. The Kier molecular flexibility index (Phi) is 6.39. The molecule has 5 heteroatoms. The molecular weight excluding hydrogens is 576 g/mol. The van der Waals surface area contributed by atoms with E-state index in [1.165, 1.54) is 32.6 Å². The van der Waals surface area contributed by atoms with E-state index in [2.05, 4.69) is 147 Å². The third-order valence-electron chi connectivity index (χ3n) is 8.77. The summed E-state index contributed by atoms with van der Waals surface area (Å²) in [6.07, 6.45) is 0. The van der Waals surface area contributed by atoms with E-state index in [4.69, 9.17) is 4.42 Å². The molecule has 0 spiro atoms. The van der Waals surface area contributed by atoms with Crippen LogP contribution in [0.3, 0.4) is 0 Å². The van der Waals surface area contributed by atoms with Crippen LogP contribution in [0.1, 0.15) is 0 Å². The Hall–Kier alpha value is -6.46. The maximum absolute atomic E-state index is 6.05. The lowest BCUT2D eigenvalue weighted by Gasteiger charge is -2.27. The van der Waals surface area contributed by atoms with Crippen molar-refractivity contribution in [2.24, 2.45) is 0 Å². The van der Waals surface area contributed by atoms with E-state index in [0.717, 1.165) is 33.9 Å². The van der Waals surface area contributed by atoms with Crippen LogP contribution in [-0.2, 0) is 0 Å². The lowest BCUT2D eigenvalue weighted by Crippen LogP contribution is -2.10. The number of nitrogens with zero attached hydrogens (tertiary/aromatic N) is 4. The molecule has 0 aliphatic heterocycles. The van der Waals surface area contributed by atoms with Crippen LogP contribution in [0.5, 0.6) is 0 Å². The first-order chi connectivity index (χ1) is 23.3. The third-order valence-corrected chi connectivity index (χ3v) is 8.77. The first-order valence-corrected chi connectivity index (χ1v) is 15.7. The number of benzene rings is 7. The summed E-state index contributed by atoms with van der Waals surface area (Å²) < 4.78 is 8.40. The van der Waals surface area contributed by atoms with Crippen LogP contribution in [0.25, 0.3) is 61.2 Å². The van der Waals surface area contributed by atoms with Gasteiger partial charge in [0.05, 0.1) is 16.7 Å². The summed E-state index contributed by atoms with van der Waals surface area (Å²) in [5.41, 5.74) is 8.45. The number of fused-ring (bicyclic) bond motifs is 4. The minimum Gasteiger partial charge on any atom is -0.416 e. The van der Waals surface area contributed by atoms with E-state index in [1.807, 2.05) is 42.5 Å². The van der Waals surface area contributed by atoms with Crippen molar-refractivity contribution in [3.8, 4) is 28.6 Å². The number of rotatable bonds is 6. The smallest absolute Gasteiger partial charge is 0.248 e. The second kappa shape index (κ2) is 11.2. The summed E-state index contributed by atoms with van der Waals surface area (Å²) >= 11 is 0. The molecule has 9 aromatic rings. The topological polar surface area (TPSA) is 47.1 Å². The summed E-state index contributed by atoms with van der Waals surface area (Å²) in [5, 5.41) is 13.5. The molecule has 7 aromatic carbocycles. The van der Waals surface area contributed by atoms with E-state index in [1.54, 1.807) is 0 Å². The molecule has 0 saturated carbocycles. The largest absolute Gasteiger partial charge is 0.416 e. The number of hydrogen-bond acceptors (Lipinski definition) is 4. The monoisotopic (exact) mass is 604 g/mol. The predicted octanol–water partition coefficient (Wildman–Crippen LogP) is 11.1.